The smallest absolute Gasteiger partial charge is 0.0958 e. The Balaban J connectivity index is 1.93. The normalized spacial score (nSPS) is 16.8. The zero-order chi connectivity index (χ0) is 8.39. The third kappa shape index (κ3) is 1.84. The van der Waals surface area contributed by atoms with E-state index >= 15 is 0 Å². The van der Waals surface area contributed by atoms with Crippen LogP contribution in [0.15, 0.2) is 6.20 Å². The number of aromatic nitrogens is 1. The fraction of sp³-hybridized carbons (Fsp3) is 0.667. The van der Waals surface area contributed by atoms with E-state index < -0.39 is 0 Å². The molecule has 0 atom stereocenters. The maximum absolute atomic E-state index is 4.42. The minimum atomic E-state index is 0.818. The second-order valence-electron chi connectivity index (χ2n) is 3.29. The first-order valence-corrected chi connectivity index (χ1v) is 5.31. The monoisotopic (exact) mass is 182 g/mol. The number of rotatable bonds is 4. The molecule has 2 nitrogen and oxygen atoms in total. The lowest BCUT2D eigenvalue weighted by molar-refractivity contribution is 0.798. The fourth-order valence-electron chi connectivity index (χ4n) is 1.21. The minimum Gasteiger partial charge on any atom is -0.319 e. The van der Waals surface area contributed by atoms with E-state index in [1.54, 1.807) is 0 Å². The molecule has 1 fully saturated rings. The average Bonchev–Trinajstić information content (AvgIpc) is 2.83. The van der Waals surface area contributed by atoms with Crippen molar-refractivity contribution in [2.75, 3.05) is 13.6 Å². The van der Waals surface area contributed by atoms with Crippen molar-refractivity contribution < 1.29 is 0 Å². The Kier molecular flexibility index (Phi) is 2.42. The second kappa shape index (κ2) is 3.54. The third-order valence-electron chi connectivity index (χ3n) is 2.12. The van der Waals surface area contributed by atoms with Gasteiger partial charge in [-0.15, -0.1) is 11.3 Å². The van der Waals surface area contributed by atoms with Gasteiger partial charge in [0.1, 0.15) is 0 Å². The highest BCUT2D eigenvalue weighted by Gasteiger charge is 2.26. The Morgan fingerprint density at radius 3 is 3.17 bits per heavy atom. The van der Waals surface area contributed by atoms with Gasteiger partial charge in [-0.1, -0.05) is 0 Å². The maximum atomic E-state index is 4.42. The molecule has 66 valence electrons. The molecule has 1 aromatic heterocycles. The number of thiazole rings is 1. The molecular weight excluding hydrogens is 168 g/mol. The third-order valence-corrected chi connectivity index (χ3v) is 3.34. The van der Waals surface area contributed by atoms with Crippen LogP contribution in [0.25, 0.3) is 0 Å². The topological polar surface area (TPSA) is 24.9 Å². The van der Waals surface area contributed by atoms with E-state index in [0.29, 0.717) is 0 Å². The van der Waals surface area contributed by atoms with Gasteiger partial charge in [-0.25, -0.2) is 4.98 Å². The van der Waals surface area contributed by atoms with E-state index in [1.165, 1.54) is 22.7 Å². The lowest BCUT2D eigenvalue weighted by Gasteiger charge is -1.93. The molecule has 1 aromatic rings. The van der Waals surface area contributed by atoms with Gasteiger partial charge in [-0.3, -0.25) is 0 Å². The van der Waals surface area contributed by atoms with Gasteiger partial charge in [0.25, 0.3) is 0 Å². The summed E-state index contributed by atoms with van der Waals surface area (Å²) in [6, 6.07) is 0. The molecule has 0 saturated heterocycles. The summed E-state index contributed by atoms with van der Waals surface area (Å²) < 4.78 is 0. The summed E-state index contributed by atoms with van der Waals surface area (Å²) in [5.74, 6) is 0.818. The van der Waals surface area contributed by atoms with Crippen LogP contribution in [0.4, 0.5) is 0 Å². The lowest BCUT2D eigenvalue weighted by atomic mass is 10.4. The van der Waals surface area contributed by atoms with Crippen molar-refractivity contribution in [3.63, 3.8) is 0 Å². The van der Waals surface area contributed by atoms with Crippen molar-refractivity contribution in [2.24, 2.45) is 0 Å². The van der Waals surface area contributed by atoms with Crippen LogP contribution in [-0.2, 0) is 6.42 Å². The van der Waals surface area contributed by atoms with Gasteiger partial charge in [0, 0.05) is 17.0 Å². The number of hydrogen-bond acceptors (Lipinski definition) is 3. The van der Waals surface area contributed by atoms with Crippen LogP contribution in [-0.4, -0.2) is 18.6 Å². The zero-order valence-corrected chi connectivity index (χ0v) is 8.16. The van der Waals surface area contributed by atoms with Gasteiger partial charge < -0.3 is 5.32 Å². The molecule has 1 saturated carbocycles. The highest BCUT2D eigenvalue weighted by Crippen LogP contribution is 2.41. The van der Waals surface area contributed by atoms with Crippen LogP contribution in [0, 0.1) is 0 Å². The van der Waals surface area contributed by atoms with E-state index in [4.69, 9.17) is 0 Å². The summed E-state index contributed by atoms with van der Waals surface area (Å²) in [6.45, 7) is 1.06. The first-order chi connectivity index (χ1) is 5.90. The fourth-order valence-corrected chi connectivity index (χ4v) is 2.29. The lowest BCUT2D eigenvalue weighted by Crippen LogP contribution is -2.09. The molecular formula is C9H14N2S. The molecule has 0 aliphatic heterocycles. The van der Waals surface area contributed by atoms with Crippen molar-refractivity contribution in [3.05, 3.63) is 16.1 Å². The van der Waals surface area contributed by atoms with Crippen LogP contribution >= 0.6 is 11.3 Å². The quantitative estimate of drug-likeness (QED) is 0.768. The van der Waals surface area contributed by atoms with Gasteiger partial charge in [0.2, 0.25) is 0 Å². The standard InChI is InChI=1S/C9H14N2S/c1-10-5-4-8-6-11-9(12-8)7-2-3-7/h6-7,10H,2-5H2,1H3. The number of hydrogen-bond donors (Lipinski definition) is 1. The van der Waals surface area contributed by atoms with Crippen LogP contribution in [0.3, 0.4) is 0 Å². The molecule has 0 bridgehead atoms. The largest absolute Gasteiger partial charge is 0.319 e. The van der Waals surface area contributed by atoms with Crippen LogP contribution in [0.1, 0.15) is 28.6 Å². The zero-order valence-electron chi connectivity index (χ0n) is 7.34. The number of likely N-dealkylation sites (N-methyl/N-ethyl adjacent to an activating group) is 1. The molecule has 12 heavy (non-hydrogen) atoms. The first kappa shape index (κ1) is 8.20. The molecule has 1 N–H and O–H groups in total. The Morgan fingerprint density at radius 2 is 2.50 bits per heavy atom. The molecule has 2 rings (SSSR count). The molecule has 1 aliphatic carbocycles. The van der Waals surface area contributed by atoms with Crippen LogP contribution < -0.4 is 5.32 Å². The van der Waals surface area contributed by atoms with Gasteiger partial charge in [0.15, 0.2) is 0 Å². The van der Waals surface area contributed by atoms with E-state index in [2.05, 4.69) is 10.3 Å². The number of nitrogens with zero attached hydrogens (tertiary/aromatic N) is 1. The molecule has 3 heteroatoms. The SMILES string of the molecule is CNCCc1cnc(C2CC2)s1. The first-order valence-electron chi connectivity index (χ1n) is 4.49. The summed E-state index contributed by atoms with van der Waals surface area (Å²) in [6.07, 6.45) is 5.88. The van der Waals surface area contributed by atoms with Crippen molar-refractivity contribution in [1.29, 1.82) is 0 Å². The van der Waals surface area contributed by atoms with Crippen molar-refractivity contribution >= 4 is 11.3 Å². The van der Waals surface area contributed by atoms with Crippen molar-refractivity contribution in [1.82, 2.24) is 10.3 Å². The summed E-state index contributed by atoms with van der Waals surface area (Å²) in [5, 5.41) is 4.51. The average molecular weight is 182 g/mol. The minimum absolute atomic E-state index is 0.818. The highest BCUT2D eigenvalue weighted by atomic mass is 32.1. The van der Waals surface area contributed by atoms with E-state index in [1.807, 2.05) is 24.6 Å². The molecule has 0 spiro atoms. The second-order valence-corrected chi connectivity index (χ2v) is 4.44. The van der Waals surface area contributed by atoms with Gasteiger partial charge in [-0.2, -0.15) is 0 Å². The van der Waals surface area contributed by atoms with Crippen LogP contribution in [0.2, 0.25) is 0 Å². The summed E-state index contributed by atoms with van der Waals surface area (Å²) in [7, 11) is 1.99. The summed E-state index contributed by atoms with van der Waals surface area (Å²) >= 11 is 1.89. The molecule has 0 amide bonds. The Morgan fingerprint density at radius 1 is 1.67 bits per heavy atom. The molecule has 0 radical (unpaired) electrons. The molecule has 0 aromatic carbocycles. The van der Waals surface area contributed by atoms with Crippen LogP contribution in [0.5, 0.6) is 0 Å². The highest BCUT2D eigenvalue weighted by molar-refractivity contribution is 7.11. The van der Waals surface area contributed by atoms with Gasteiger partial charge in [0.05, 0.1) is 5.01 Å². The maximum Gasteiger partial charge on any atom is 0.0958 e. The molecule has 1 aliphatic rings. The van der Waals surface area contributed by atoms with Crippen molar-refractivity contribution in [3.8, 4) is 0 Å². The molecule has 0 unspecified atom stereocenters. The Bertz CT molecular complexity index is 253. The van der Waals surface area contributed by atoms with E-state index in [9.17, 15) is 0 Å². The summed E-state index contributed by atoms with van der Waals surface area (Å²) in [5.41, 5.74) is 0. The predicted octanol–water partition coefficient (Wildman–Crippen LogP) is 1.78. The Hall–Kier alpha value is -0.410. The predicted molar refractivity (Wildman–Crippen MR) is 51.7 cm³/mol. The van der Waals surface area contributed by atoms with Gasteiger partial charge >= 0.3 is 0 Å². The van der Waals surface area contributed by atoms with Crippen molar-refractivity contribution in [2.45, 2.75) is 25.2 Å². The summed E-state index contributed by atoms with van der Waals surface area (Å²) in [4.78, 5) is 5.84. The van der Waals surface area contributed by atoms with E-state index in [0.717, 1.165) is 18.9 Å². The molecule has 1 heterocycles. The van der Waals surface area contributed by atoms with Gasteiger partial charge in [-0.05, 0) is 32.9 Å². The van der Waals surface area contributed by atoms with E-state index in [-0.39, 0.29) is 0 Å². The number of nitrogens with one attached hydrogen (secondary N) is 1. The Labute approximate surface area is 77.0 Å².